The van der Waals surface area contributed by atoms with Gasteiger partial charge in [-0.3, -0.25) is 0 Å². The van der Waals surface area contributed by atoms with Gasteiger partial charge in [-0.25, -0.2) is 4.68 Å². The third-order valence-electron chi connectivity index (χ3n) is 2.93. The van der Waals surface area contributed by atoms with Crippen molar-refractivity contribution in [3.05, 3.63) is 45.2 Å². The molecule has 0 fully saturated rings. The molecule has 0 saturated heterocycles. The largest absolute Gasteiger partial charge is 0.383 e. The number of nitrogens with zero attached hydrogens (tertiary/aromatic N) is 2. The van der Waals surface area contributed by atoms with Gasteiger partial charge in [-0.15, -0.1) is 0 Å². The molecule has 2 rings (SSSR count). The lowest BCUT2D eigenvalue weighted by Crippen LogP contribution is -2.14. The SMILES string of the molecule is CCC(c1ccc(C)cc1)n1ncc(I)c1N. The summed E-state index contributed by atoms with van der Waals surface area (Å²) >= 11 is 2.21. The Morgan fingerprint density at radius 2 is 2.00 bits per heavy atom. The Morgan fingerprint density at radius 3 is 2.47 bits per heavy atom. The molecule has 1 aromatic carbocycles. The Balaban J connectivity index is 2.40. The third kappa shape index (κ3) is 2.46. The van der Waals surface area contributed by atoms with Gasteiger partial charge in [0.2, 0.25) is 0 Å². The fourth-order valence-electron chi connectivity index (χ4n) is 1.94. The number of hydrogen-bond acceptors (Lipinski definition) is 2. The van der Waals surface area contributed by atoms with Crippen molar-refractivity contribution in [2.45, 2.75) is 26.3 Å². The highest BCUT2D eigenvalue weighted by molar-refractivity contribution is 14.1. The fraction of sp³-hybridized carbons (Fsp3) is 0.308. The van der Waals surface area contributed by atoms with Crippen molar-refractivity contribution in [1.82, 2.24) is 9.78 Å². The van der Waals surface area contributed by atoms with Gasteiger partial charge in [-0.2, -0.15) is 5.10 Å². The van der Waals surface area contributed by atoms with Gasteiger partial charge >= 0.3 is 0 Å². The zero-order chi connectivity index (χ0) is 12.4. The van der Waals surface area contributed by atoms with E-state index < -0.39 is 0 Å². The highest BCUT2D eigenvalue weighted by atomic mass is 127. The lowest BCUT2D eigenvalue weighted by molar-refractivity contribution is 0.516. The van der Waals surface area contributed by atoms with Gasteiger partial charge in [0.05, 0.1) is 15.8 Å². The summed E-state index contributed by atoms with van der Waals surface area (Å²) in [5.74, 6) is 0.748. The van der Waals surface area contributed by atoms with Crippen LogP contribution in [0.5, 0.6) is 0 Å². The highest BCUT2D eigenvalue weighted by Gasteiger charge is 2.16. The van der Waals surface area contributed by atoms with Gasteiger partial charge in [0.1, 0.15) is 5.82 Å². The number of aryl methyl sites for hydroxylation is 1. The van der Waals surface area contributed by atoms with Crippen LogP contribution in [0.2, 0.25) is 0 Å². The highest BCUT2D eigenvalue weighted by Crippen LogP contribution is 2.26. The number of hydrogen-bond donors (Lipinski definition) is 1. The van der Waals surface area contributed by atoms with Crippen LogP contribution in [0.15, 0.2) is 30.5 Å². The predicted octanol–water partition coefficient (Wildman–Crippen LogP) is 3.38. The molecule has 4 heteroatoms. The lowest BCUT2D eigenvalue weighted by atomic mass is 10.0. The summed E-state index contributed by atoms with van der Waals surface area (Å²) in [6, 6.07) is 8.78. The van der Waals surface area contributed by atoms with Gasteiger partial charge < -0.3 is 5.73 Å². The molecule has 1 aromatic heterocycles. The normalized spacial score (nSPS) is 12.6. The van der Waals surface area contributed by atoms with Gasteiger partial charge in [0.15, 0.2) is 0 Å². The minimum absolute atomic E-state index is 0.221. The average Bonchev–Trinajstić information content (AvgIpc) is 2.65. The van der Waals surface area contributed by atoms with E-state index in [9.17, 15) is 0 Å². The maximum Gasteiger partial charge on any atom is 0.135 e. The lowest BCUT2D eigenvalue weighted by Gasteiger charge is -2.17. The number of nitrogen functional groups attached to an aromatic ring is 1. The number of nitrogens with two attached hydrogens (primary N) is 1. The molecule has 0 radical (unpaired) electrons. The molecule has 0 amide bonds. The van der Waals surface area contributed by atoms with Crippen molar-refractivity contribution in [3.8, 4) is 0 Å². The van der Waals surface area contributed by atoms with Crippen LogP contribution in [0.25, 0.3) is 0 Å². The van der Waals surface area contributed by atoms with E-state index in [-0.39, 0.29) is 6.04 Å². The second kappa shape index (κ2) is 5.08. The Morgan fingerprint density at radius 1 is 1.35 bits per heavy atom. The minimum Gasteiger partial charge on any atom is -0.383 e. The van der Waals surface area contributed by atoms with Crippen LogP contribution >= 0.6 is 22.6 Å². The van der Waals surface area contributed by atoms with E-state index in [4.69, 9.17) is 5.73 Å². The van der Waals surface area contributed by atoms with E-state index >= 15 is 0 Å². The monoisotopic (exact) mass is 341 g/mol. The van der Waals surface area contributed by atoms with E-state index in [1.807, 2.05) is 10.9 Å². The topological polar surface area (TPSA) is 43.8 Å². The molecule has 0 saturated carbocycles. The summed E-state index contributed by atoms with van der Waals surface area (Å²) < 4.78 is 2.92. The van der Waals surface area contributed by atoms with Crippen molar-refractivity contribution in [3.63, 3.8) is 0 Å². The average molecular weight is 341 g/mol. The van der Waals surface area contributed by atoms with Crippen LogP contribution in [0.4, 0.5) is 5.82 Å². The number of rotatable bonds is 3. The Labute approximate surface area is 115 Å². The summed E-state index contributed by atoms with van der Waals surface area (Å²) in [5.41, 5.74) is 8.56. The molecule has 2 N–H and O–H groups in total. The zero-order valence-electron chi connectivity index (χ0n) is 10.0. The Hall–Kier alpha value is -1.04. The molecule has 90 valence electrons. The van der Waals surface area contributed by atoms with Gasteiger partial charge in [0, 0.05) is 0 Å². The second-order valence-corrected chi connectivity index (χ2v) is 5.32. The minimum atomic E-state index is 0.221. The maximum atomic E-state index is 6.04. The van der Waals surface area contributed by atoms with Gasteiger partial charge in [-0.05, 0) is 41.5 Å². The van der Waals surface area contributed by atoms with E-state index in [1.54, 1.807) is 0 Å². The molecular weight excluding hydrogens is 325 g/mol. The van der Waals surface area contributed by atoms with Gasteiger partial charge in [0.25, 0.3) is 0 Å². The quantitative estimate of drug-likeness (QED) is 0.870. The summed E-state index contributed by atoms with van der Waals surface area (Å²) in [5, 5.41) is 4.37. The first-order valence-electron chi connectivity index (χ1n) is 5.68. The number of benzene rings is 1. The first kappa shape index (κ1) is 12.4. The molecule has 1 unspecified atom stereocenters. The molecule has 17 heavy (non-hydrogen) atoms. The van der Waals surface area contributed by atoms with Crippen molar-refractivity contribution >= 4 is 28.4 Å². The second-order valence-electron chi connectivity index (χ2n) is 4.16. The number of halogens is 1. The van der Waals surface area contributed by atoms with Crippen molar-refractivity contribution < 1.29 is 0 Å². The van der Waals surface area contributed by atoms with Crippen LogP contribution in [-0.2, 0) is 0 Å². The molecule has 0 aliphatic rings. The summed E-state index contributed by atoms with van der Waals surface area (Å²) in [6.07, 6.45) is 2.79. The van der Waals surface area contributed by atoms with Crippen LogP contribution in [0, 0.1) is 10.5 Å². The number of anilines is 1. The standard InChI is InChI=1S/C13H16IN3/c1-3-12(10-6-4-9(2)5-7-10)17-13(15)11(14)8-16-17/h4-8,12H,3,15H2,1-2H3. The van der Waals surface area contributed by atoms with Gasteiger partial charge in [-0.1, -0.05) is 36.8 Å². The summed E-state index contributed by atoms with van der Waals surface area (Å²) in [6.45, 7) is 4.24. The molecule has 1 heterocycles. The van der Waals surface area contributed by atoms with E-state index in [0.29, 0.717) is 0 Å². The van der Waals surface area contributed by atoms with Crippen molar-refractivity contribution in [2.24, 2.45) is 0 Å². The van der Waals surface area contributed by atoms with Crippen LogP contribution in [0.1, 0.15) is 30.5 Å². The molecule has 2 aromatic rings. The predicted molar refractivity (Wildman–Crippen MR) is 79.0 cm³/mol. The van der Waals surface area contributed by atoms with Crippen LogP contribution < -0.4 is 5.73 Å². The maximum absolute atomic E-state index is 6.04. The summed E-state index contributed by atoms with van der Waals surface area (Å²) in [7, 11) is 0. The molecule has 1 atom stereocenters. The van der Waals surface area contributed by atoms with Crippen molar-refractivity contribution in [1.29, 1.82) is 0 Å². The first-order valence-corrected chi connectivity index (χ1v) is 6.76. The molecular formula is C13H16IN3. The van der Waals surface area contributed by atoms with Crippen molar-refractivity contribution in [2.75, 3.05) is 5.73 Å². The molecule has 0 aliphatic carbocycles. The zero-order valence-corrected chi connectivity index (χ0v) is 12.2. The molecule has 0 spiro atoms. The summed E-state index contributed by atoms with van der Waals surface area (Å²) in [4.78, 5) is 0. The van der Waals surface area contributed by atoms with E-state index in [2.05, 4.69) is 65.8 Å². The fourth-order valence-corrected chi connectivity index (χ4v) is 2.31. The Bertz CT molecular complexity index is 502. The first-order chi connectivity index (χ1) is 8.13. The van der Waals surface area contributed by atoms with E-state index in [0.717, 1.165) is 15.8 Å². The number of aromatic nitrogens is 2. The van der Waals surface area contributed by atoms with E-state index in [1.165, 1.54) is 11.1 Å². The van der Waals surface area contributed by atoms with Crippen LogP contribution in [-0.4, -0.2) is 9.78 Å². The Kier molecular flexibility index (Phi) is 3.71. The molecule has 0 aliphatic heterocycles. The molecule has 0 bridgehead atoms. The molecule has 3 nitrogen and oxygen atoms in total. The van der Waals surface area contributed by atoms with Crippen LogP contribution in [0.3, 0.4) is 0 Å². The third-order valence-corrected chi connectivity index (χ3v) is 3.76. The smallest absolute Gasteiger partial charge is 0.135 e.